The lowest BCUT2D eigenvalue weighted by molar-refractivity contribution is -0.139. The zero-order valence-electron chi connectivity index (χ0n) is 15.0. The minimum Gasteiger partial charge on any atom is -0.467 e. The maximum atomic E-state index is 12.6. The number of carbonyl (C=O) groups excluding carboxylic acids is 2. The molecule has 144 valence electrons. The number of fused-ring (bicyclic) bond motifs is 1. The highest BCUT2D eigenvalue weighted by Gasteiger charge is 2.35. The van der Waals surface area contributed by atoms with E-state index in [0.29, 0.717) is 27.9 Å². The van der Waals surface area contributed by atoms with Crippen molar-refractivity contribution in [3.63, 3.8) is 0 Å². The van der Waals surface area contributed by atoms with Crippen LogP contribution in [0.15, 0.2) is 63.5 Å². The molecule has 1 aliphatic heterocycles. The summed E-state index contributed by atoms with van der Waals surface area (Å²) in [5.41, 5.74) is 2.56. The van der Waals surface area contributed by atoms with Crippen LogP contribution in [0.1, 0.15) is 18.7 Å². The number of amides is 2. The molecule has 1 aromatic carbocycles. The van der Waals surface area contributed by atoms with Gasteiger partial charge in [0.05, 0.1) is 29.5 Å². The Morgan fingerprint density at radius 1 is 1.29 bits per heavy atom. The molecule has 0 aliphatic carbocycles. The number of carbonyl (C=O) groups is 2. The zero-order chi connectivity index (χ0) is 19.5. The van der Waals surface area contributed by atoms with E-state index in [0.717, 1.165) is 11.0 Å². The molecule has 0 fully saturated rings. The first-order chi connectivity index (χ1) is 13.7. The Balaban J connectivity index is 1.65. The molecular weight excluding hydrogens is 380 g/mol. The van der Waals surface area contributed by atoms with Crippen LogP contribution >= 0.6 is 11.8 Å². The Morgan fingerprint density at radius 3 is 2.89 bits per heavy atom. The van der Waals surface area contributed by atoms with E-state index in [2.05, 4.69) is 20.6 Å². The van der Waals surface area contributed by atoms with Crippen LogP contribution in [0.25, 0.3) is 11.0 Å². The molecule has 28 heavy (non-hydrogen) atoms. The monoisotopic (exact) mass is 398 g/mol. The standard InChI is InChI=1S/C19H18N4O4S/c1-2-26-17(24)15-13(20-18(25)23-16(15)14-8-5-9-27-14)10-28-19-21-11-6-3-4-7-12(11)22-19/h3-9,16H,2,10H2,1H3,(H,21,22)(H2,20,23,25). The molecule has 0 bridgehead atoms. The second kappa shape index (κ2) is 7.81. The average molecular weight is 398 g/mol. The summed E-state index contributed by atoms with van der Waals surface area (Å²) in [5, 5.41) is 6.14. The van der Waals surface area contributed by atoms with Crippen LogP contribution < -0.4 is 10.6 Å². The molecule has 8 nitrogen and oxygen atoms in total. The number of aromatic amines is 1. The summed E-state index contributed by atoms with van der Waals surface area (Å²) in [6.45, 7) is 1.96. The number of aromatic nitrogens is 2. The maximum Gasteiger partial charge on any atom is 0.338 e. The molecule has 1 unspecified atom stereocenters. The average Bonchev–Trinajstić information content (AvgIpc) is 3.35. The first-order valence-electron chi connectivity index (χ1n) is 8.74. The Kier molecular flexibility index (Phi) is 5.07. The number of para-hydroxylation sites is 2. The van der Waals surface area contributed by atoms with Crippen molar-refractivity contribution in [1.29, 1.82) is 0 Å². The van der Waals surface area contributed by atoms with Crippen molar-refractivity contribution in [2.24, 2.45) is 0 Å². The smallest absolute Gasteiger partial charge is 0.338 e. The highest BCUT2D eigenvalue weighted by atomic mass is 32.2. The Morgan fingerprint density at radius 2 is 2.14 bits per heavy atom. The summed E-state index contributed by atoms with van der Waals surface area (Å²) in [6.07, 6.45) is 1.50. The summed E-state index contributed by atoms with van der Waals surface area (Å²) in [4.78, 5) is 32.5. The lowest BCUT2D eigenvalue weighted by atomic mass is 10.0. The third-order valence-electron chi connectivity index (χ3n) is 4.20. The fourth-order valence-electron chi connectivity index (χ4n) is 2.99. The van der Waals surface area contributed by atoms with Crippen LogP contribution in [0.4, 0.5) is 4.79 Å². The Labute approximate surface area is 164 Å². The molecule has 2 aromatic heterocycles. The number of thioether (sulfide) groups is 1. The van der Waals surface area contributed by atoms with Crippen LogP contribution in [0.3, 0.4) is 0 Å². The quantitative estimate of drug-likeness (QED) is 0.435. The van der Waals surface area contributed by atoms with E-state index in [-0.39, 0.29) is 6.61 Å². The second-order valence-corrected chi connectivity index (χ2v) is 6.97. The number of rotatable bonds is 6. The number of nitrogens with zero attached hydrogens (tertiary/aromatic N) is 1. The number of esters is 1. The third kappa shape index (κ3) is 3.61. The number of H-pyrrole nitrogens is 1. The molecule has 0 saturated heterocycles. The zero-order valence-corrected chi connectivity index (χ0v) is 15.8. The van der Waals surface area contributed by atoms with Crippen LogP contribution in [-0.2, 0) is 9.53 Å². The Bertz CT molecular complexity index is 1010. The van der Waals surface area contributed by atoms with Crippen molar-refractivity contribution in [1.82, 2.24) is 20.6 Å². The molecule has 3 aromatic rings. The summed E-state index contributed by atoms with van der Waals surface area (Å²) in [5.74, 6) is 0.291. The number of benzene rings is 1. The SMILES string of the molecule is CCOC(=O)C1=C(CSc2nc3ccccc3[nH]2)NC(=O)NC1c1ccco1. The summed E-state index contributed by atoms with van der Waals surface area (Å²) in [7, 11) is 0. The minimum atomic E-state index is -0.714. The van der Waals surface area contributed by atoms with Crippen molar-refractivity contribution < 1.29 is 18.7 Å². The molecule has 1 aliphatic rings. The van der Waals surface area contributed by atoms with Crippen molar-refractivity contribution in [2.75, 3.05) is 12.4 Å². The number of hydrogen-bond donors (Lipinski definition) is 3. The second-order valence-electron chi connectivity index (χ2n) is 6.01. The number of nitrogens with one attached hydrogen (secondary N) is 3. The predicted molar refractivity (Wildman–Crippen MR) is 104 cm³/mol. The normalized spacial score (nSPS) is 16.8. The van der Waals surface area contributed by atoms with Crippen molar-refractivity contribution in [3.05, 3.63) is 59.7 Å². The highest BCUT2D eigenvalue weighted by molar-refractivity contribution is 7.99. The van der Waals surface area contributed by atoms with Gasteiger partial charge in [-0.15, -0.1) is 0 Å². The Hall–Kier alpha value is -3.20. The van der Waals surface area contributed by atoms with Gasteiger partial charge in [-0.2, -0.15) is 0 Å². The molecule has 0 saturated carbocycles. The van der Waals surface area contributed by atoms with Crippen LogP contribution in [0, 0.1) is 0 Å². The van der Waals surface area contributed by atoms with Gasteiger partial charge >= 0.3 is 12.0 Å². The molecule has 2 amide bonds. The fourth-order valence-corrected chi connectivity index (χ4v) is 3.84. The first kappa shape index (κ1) is 18.2. The van der Waals surface area contributed by atoms with Crippen molar-refractivity contribution in [3.8, 4) is 0 Å². The van der Waals surface area contributed by atoms with E-state index >= 15 is 0 Å². The van der Waals surface area contributed by atoms with Gasteiger partial charge in [-0.25, -0.2) is 14.6 Å². The molecule has 1 atom stereocenters. The van der Waals surface area contributed by atoms with Crippen LogP contribution in [0.2, 0.25) is 0 Å². The molecule has 0 radical (unpaired) electrons. The molecule has 4 rings (SSSR count). The van der Waals surface area contributed by atoms with Crippen LogP contribution in [0.5, 0.6) is 0 Å². The summed E-state index contributed by atoms with van der Waals surface area (Å²) in [6, 6.07) is 9.99. The van der Waals surface area contributed by atoms with E-state index in [9.17, 15) is 9.59 Å². The van der Waals surface area contributed by atoms with Gasteiger partial charge in [0.1, 0.15) is 11.8 Å². The molecular formula is C19H18N4O4S. The number of imidazole rings is 1. The topological polar surface area (TPSA) is 109 Å². The molecule has 3 heterocycles. The van der Waals surface area contributed by atoms with Gasteiger partial charge in [0.25, 0.3) is 0 Å². The largest absolute Gasteiger partial charge is 0.467 e. The van der Waals surface area contributed by atoms with E-state index in [4.69, 9.17) is 9.15 Å². The van der Waals surface area contributed by atoms with Gasteiger partial charge in [-0.05, 0) is 31.2 Å². The first-order valence-corrected chi connectivity index (χ1v) is 9.73. The van der Waals surface area contributed by atoms with Crippen molar-refractivity contribution >= 4 is 34.8 Å². The predicted octanol–water partition coefficient (Wildman–Crippen LogP) is 3.12. The number of hydrogen-bond acceptors (Lipinski definition) is 6. The fraction of sp³-hybridized carbons (Fsp3) is 0.211. The highest BCUT2D eigenvalue weighted by Crippen LogP contribution is 2.30. The van der Waals surface area contributed by atoms with E-state index < -0.39 is 18.0 Å². The number of ether oxygens (including phenoxy) is 1. The maximum absolute atomic E-state index is 12.6. The van der Waals surface area contributed by atoms with Gasteiger partial charge in [-0.3, -0.25) is 0 Å². The summed E-state index contributed by atoms with van der Waals surface area (Å²) >= 11 is 1.39. The lowest BCUT2D eigenvalue weighted by Gasteiger charge is -2.27. The molecule has 0 spiro atoms. The third-order valence-corrected chi connectivity index (χ3v) is 5.10. The minimum absolute atomic E-state index is 0.227. The van der Waals surface area contributed by atoms with Gasteiger partial charge < -0.3 is 24.8 Å². The van der Waals surface area contributed by atoms with E-state index in [1.165, 1.54) is 18.0 Å². The van der Waals surface area contributed by atoms with Gasteiger partial charge in [0.2, 0.25) is 0 Å². The molecule has 3 N–H and O–H groups in total. The van der Waals surface area contributed by atoms with Gasteiger partial charge in [0.15, 0.2) is 5.16 Å². The van der Waals surface area contributed by atoms with Gasteiger partial charge in [0, 0.05) is 11.4 Å². The van der Waals surface area contributed by atoms with E-state index in [1.807, 2.05) is 24.3 Å². The molecule has 9 heteroatoms. The number of urea groups is 1. The van der Waals surface area contributed by atoms with Crippen molar-refractivity contribution in [2.45, 2.75) is 18.1 Å². The number of furan rings is 1. The lowest BCUT2D eigenvalue weighted by Crippen LogP contribution is -2.46. The van der Waals surface area contributed by atoms with Gasteiger partial charge in [-0.1, -0.05) is 23.9 Å². The summed E-state index contributed by atoms with van der Waals surface area (Å²) < 4.78 is 10.6. The van der Waals surface area contributed by atoms with Crippen LogP contribution in [-0.4, -0.2) is 34.3 Å². The van der Waals surface area contributed by atoms with E-state index in [1.54, 1.807) is 19.1 Å².